The van der Waals surface area contributed by atoms with Crippen LogP contribution in [0.4, 0.5) is 0 Å². The molecule has 1 fully saturated rings. The van der Waals surface area contributed by atoms with Gasteiger partial charge in [-0.3, -0.25) is 0 Å². The van der Waals surface area contributed by atoms with E-state index in [-0.39, 0.29) is 12.2 Å². The largest absolute Gasteiger partial charge is 0.478 e. The molecule has 0 bridgehead atoms. The lowest BCUT2D eigenvalue weighted by Gasteiger charge is -2.08. The third kappa shape index (κ3) is 5.33. The van der Waals surface area contributed by atoms with Crippen LogP contribution in [-0.4, -0.2) is 36.9 Å². The number of ether oxygens (including phenoxy) is 1. The molecule has 1 heterocycles. The smallest absolute Gasteiger partial charge is 0.338 e. The van der Waals surface area contributed by atoms with Crippen molar-refractivity contribution >= 4 is 11.9 Å². The summed E-state index contributed by atoms with van der Waals surface area (Å²) in [5.41, 5.74) is 0.456. The van der Waals surface area contributed by atoms with Crippen molar-refractivity contribution in [1.29, 1.82) is 0 Å². The third-order valence-electron chi connectivity index (χ3n) is 2.03. The summed E-state index contributed by atoms with van der Waals surface area (Å²) >= 11 is 0. The molecule has 1 aromatic carbocycles. The molecule has 1 saturated heterocycles. The summed E-state index contributed by atoms with van der Waals surface area (Å²) in [5.74, 6) is -1.52. The van der Waals surface area contributed by atoms with E-state index < -0.39 is 11.9 Å². The summed E-state index contributed by atoms with van der Waals surface area (Å²) in [6.45, 7) is 5.10. The van der Waals surface area contributed by atoms with E-state index in [1.807, 2.05) is 0 Å². The first-order chi connectivity index (χ1) is 9.15. The van der Waals surface area contributed by atoms with Crippen LogP contribution in [0, 0.1) is 0 Å². The number of benzene rings is 1. The average molecular weight is 266 g/mol. The van der Waals surface area contributed by atoms with E-state index in [0.29, 0.717) is 5.56 Å². The van der Waals surface area contributed by atoms with Crippen LogP contribution in [0.1, 0.15) is 20.7 Å². The molecular weight excluding hydrogens is 252 g/mol. The highest BCUT2D eigenvalue weighted by Gasteiger charge is 2.07. The van der Waals surface area contributed by atoms with E-state index in [2.05, 4.69) is 16.4 Å². The summed E-state index contributed by atoms with van der Waals surface area (Å²) in [6, 6.07) is 5.53. The number of carboxylic acids is 1. The van der Waals surface area contributed by atoms with Crippen LogP contribution >= 0.6 is 0 Å². The monoisotopic (exact) mass is 266 g/mol. The predicted octanol–water partition coefficient (Wildman–Crippen LogP) is 1.68. The fraction of sp³-hybridized carbons (Fsp3) is 0.231. The quantitative estimate of drug-likeness (QED) is 0.507. The van der Waals surface area contributed by atoms with Crippen LogP contribution < -0.4 is 0 Å². The molecular formula is C13H14O6. The number of rotatable bonds is 4. The van der Waals surface area contributed by atoms with Crippen molar-refractivity contribution in [3.8, 4) is 0 Å². The molecule has 0 atom stereocenters. The van der Waals surface area contributed by atoms with Gasteiger partial charge in [-0.1, -0.05) is 12.7 Å². The van der Waals surface area contributed by atoms with Gasteiger partial charge in [0.05, 0.1) is 11.1 Å². The SMILES string of the molecule is C1COO1.C=CCOC(=O)c1ccc(C(=O)O)cc1. The zero-order valence-electron chi connectivity index (χ0n) is 10.2. The van der Waals surface area contributed by atoms with Crippen molar-refractivity contribution in [1.82, 2.24) is 0 Å². The molecule has 6 heteroatoms. The molecule has 0 saturated carbocycles. The van der Waals surface area contributed by atoms with Gasteiger partial charge < -0.3 is 9.84 Å². The third-order valence-corrected chi connectivity index (χ3v) is 2.03. The molecule has 0 aliphatic carbocycles. The van der Waals surface area contributed by atoms with E-state index in [9.17, 15) is 9.59 Å². The first-order valence-corrected chi connectivity index (χ1v) is 5.51. The first kappa shape index (κ1) is 14.9. The minimum atomic E-state index is -1.03. The predicted molar refractivity (Wildman–Crippen MR) is 65.8 cm³/mol. The molecule has 1 aliphatic heterocycles. The lowest BCUT2D eigenvalue weighted by molar-refractivity contribution is -0.382. The Kier molecular flexibility index (Phi) is 6.28. The second-order valence-corrected chi connectivity index (χ2v) is 3.41. The summed E-state index contributed by atoms with van der Waals surface area (Å²) in [4.78, 5) is 30.2. The van der Waals surface area contributed by atoms with Crippen LogP contribution in [0.2, 0.25) is 0 Å². The van der Waals surface area contributed by atoms with Gasteiger partial charge in [0.1, 0.15) is 19.8 Å². The summed E-state index contributed by atoms with van der Waals surface area (Å²) < 4.78 is 4.77. The standard InChI is InChI=1S/C11H10O4.C2H4O2/c1-2-7-15-11(14)9-5-3-8(4-6-9)10(12)13;1-2-4-3-1/h2-6H,1,7H2,(H,12,13);1-2H2. The minimum absolute atomic E-state index is 0.135. The highest BCUT2D eigenvalue weighted by atomic mass is 17.2. The van der Waals surface area contributed by atoms with Crippen LogP contribution in [0.3, 0.4) is 0 Å². The molecule has 2 rings (SSSR count). The van der Waals surface area contributed by atoms with Gasteiger partial charge in [-0.05, 0) is 24.3 Å². The van der Waals surface area contributed by atoms with E-state index in [1.165, 1.54) is 30.3 Å². The molecule has 19 heavy (non-hydrogen) atoms. The lowest BCUT2D eigenvalue weighted by Crippen LogP contribution is -2.14. The maximum atomic E-state index is 11.3. The van der Waals surface area contributed by atoms with Gasteiger partial charge in [-0.15, -0.1) is 0 Å². The molecule has 0 radical (unpaired) electrons. The van der Waals surface area contributed by atoms with Crippen LogP contribution in [0.25, 0.3) is 0 Å². The molecule has 6 nitrogen and oxygen atoms in total. The van der Waals surface area contributed by atoms with Gasteiger partial charge in [0.25, 0.3) is 0 Å². The highest BCUT2D eigenvalue weighted by Crippen LogP contribution is 2.05. The Morgan fingerprint density at radius 2 is 1.68 bits per heavy atom. The number of carbonyl (C=O) groups is 2. The zero-order valence-corrected chi connectivity index (χ0v) is 10.2. The summed E-state index contributed by atoms with van der Waals surface area (Å²) in [6.07, 6.45) is 1.46. The summed E-state index contributed by atoms with van der Waals surface area (Å²) in [5, 5.41) is 8.63. The number of carboxylic acid groups (broad SMARTS) is 1. The van der Waals surface area contributed by atoms with Gasteiger partial charge >= 0.3 is 11.9 Å². The lowest BCUT2D eigenvalue weighted by atomic mass is 10.1. The zero-order chi connectivity index (χ0) is 14.1. The number of carbonyl (C=O) groups excluding carboxylic acids is 1. The molecule has 1 N–H and O–H groups in total. The molecule has 0 amide bonds. The Morgan fingerprint density at radius 3 is 2.05 bits per heavy atom. The molecule has 102 valence electrons. The number of esters is 1. The van der Waals surface area contributed by atoms with Gasteiger partial charge in [0, 0.05) is 0 Å². The topological polar surface area (TPSA) is 82.1 Å². The highest BCUT2D eigenvalue weighted by molar-refractivity contribution is 5.92. The van der Waals surface area contributed by atoms with Gasteiger partial charge in [-0.2, -0.15) is 0 Å². The Hall–Kier alpha value is -2.18. The van der Waals surface area contributed by atoms with Crippen LogP contribution in [0.5, 0.6) is 0 Å². The van der Waals surface area contributed by atoms with E-state index in [0.717, 1.165) is 13.2 Å². The van der Waals surface area contributed by atoms with E-state index in [4.69, 9.17) is 9.84 Å². The fourth-order valence-electron chi connectivity index (χ4n) is 1.05. The van der Waals surface area contributed by atoms with Crippen LogP contribution in [0.15, 0.2) is 36.9 Å². The first-order valence-electron chi connectivity index (χ1n) is 5.51. The Balaban J connectivity index is 0.000000382. The van der Waals surface area contributed by atoms with Crippen molar-refractivity contribution in [3.05, 3.63) is 48.0 Å². The number of aromatic carboxylic acids is 1. The van der Waals surface area contributed by atoms with Gasteiger partial charge in [0.2, 0.25) is 0 Å². The van der Waals surface area contributed by atoms with Gasteiger partial charge in [0.15, 0.2) is 0 Å². The van der Waals surface area contributed by atoms with Crippen molar-refractivity contribution in [2.45, 2.75) is 0 Å². The normalized spacial score (nSPS) is 12.4. The molecule has 0 unspecified atom stereocenters. The Labute approximate surface area is 110 Å². The van der Waals surface area contributed by atoms with Crippen molar-refractivity contribution < 1.29 is 29.2 Å². The number of hydrogen-bond acceptors (Lipinski definition) is 5. The molecule has 1 aliphatic rings. The van der Waals surface area contributed by atoms with Crippen molar-refractivity contribution in [3.63, 3.8) is 0 Å². The second-order valence-electron chi connectivity index (χ2n) is 3.41. The van der Waals surface area contributed by atoms with Crippen molar-refractivity contribution in [2.75, 3.05) is 19.8 Å². The van der Waals surface area contributed by atoms with E-state index in [1.54, 1.807) is 0 Å². The second kappa shape index (κ2) is 8.02. The summed E-state index contributed by atoms with van der Waals surface area (Å²) in [7, 11) is 0. The molecule has 0 spiro atoms. The fourth-order valence-corrected chi connectivity index (χ4v) is 1.05. The van der Waals surface area contributed by atoms with Crippen LogP contribution in [-0.2, 0) is 14.5 Å². The van der Waals surface area contributed by atoms with Gasteiger partial charge in [-0.25, -0.2) is 19.4 Å². The Morgan fingerprint density at radius 1 is 1.21 bits per heavy atom. The minimum Gasteiger partial charge on any atom is -0.478 e. The maximum absolute atomic E-state index is 11.3. The number of hydrogen-bond donors (Lipinski definition) is 1. The maximum Gasteiger partial charge on any atom is 0.338 e. The molecule has 1 aromatic rings. The average Bonchev–Trinajstić information content (AvgIpc) is 2.34. The van der Waals surface area contributed by atoms with E-state index >= 15 is 0 Å². The molecule has 0 aromatic heterocycles. The Bertz CT molecular complexity index is 429. The van der Waals surface area contributed by atoms with Crippen molar-refractivity contribution in [2.24, 2.45) is 0 Å².